The number of pyridine rings is 1. The number of thiophene rings is 1. The van der Waals surface area contributed by atoms with Gasteiger partial charge < -0.3 is 4.57 Å². The van der Waals surface area contributed by atoms with E-state index in [2.05, 4.69) is 9.97 Å². The Morgan fingerprint density at radius 2 is 2.09 bits per heavy atom. The lowest BCUT2D eigenvalue weighted by Gasteiger charge is -2.15. The van der Waals surface area contributed by atoms with Crippen LogP contribution in [-0.4, -0.2) is 27.5 Å². The molecule has 0 bridgehead atoms. The SMILES string of the molecule is Cc1c(C(=O)N(C)c2ccc(Cl)cn2)sc2ncn(C)c(=O)c12. The Morgan fingerprint density at radius 3 is 2.74 bits per heavy atom. The molecule has 0 saturated carbocycles. The fraction of sp³-hybridized carbons (Fsp3) is 0.200. The molecule has 118 valence electrons. The van der Waals surface area contributed by atoms with Crippen molar-refractivity contribution >= 4 is 44.9 Å². The zero-order valence-corrected chi connectivity index (χ0v) is 14.3. The summed E-state index contributed by atoms with van der Waals surface area (Å²) in [4.78, 5) is 35.8. The minimum Gasteiger partial charge on any atom is -0.302 e. The van der Waals surface area contributed by atoms with Crippen molar-refractivity contribution in [1.29, 1.82) is 0 Å². The lowest BCUT2D eigenvalue weighted by atomic mass is 10.2. The van der Waals surface area contributed by atoms with Crippen LogP contribution < -0.4 is 10.5 Å². The van der Waals surface area contributed by atoms with Crippen LogP contribution in [0.1, 0.15) is 15.2 Å². The molecule has 0 fully saturated rings. The van der Waals surface area contributed by atoms with Gasteiger partial charge in [-0.15, -0.1) is 11.3 Å². The summed E-state index contributed by atoms with van der Waals surface area (Å²) in [6, 6.07) is 3.34. The molecule has 0 spiro atoms. The zero-order valence-electron chi connectivity index (χ0n) is 12.7. The summed E-state index contributed by atoms with van der Waals surface area (Å²) in [5.41, 5.74) is 0.486. The molecular weight excluding hydrogens is 336 g/mol. The molecule has 0 aliphatic heterocycles. The summed E-state index contributed by atoms with van der Waals surface area (Å²) in [5.74, 6) is 0.250. The van der Waals surface area contributed by atoms with Crippen LogP contribution in [0.4, 0.5) is 5.82 Å². The summed E-state index contributed by atoms with van der Waals surface area (Å²) in [5, 5.41) is 0.987. The molecule has 0 atom stereocenters. The highest BCUT2D eigenvalue weighted by Crippen LogP contribution is 2.28. The minimum absolute atomic E-state index is 0.157. The molecule has 6 nitrogen and oxygen atoms in total. The van der Waals surface area contributed by atoms with E-state index in [1.807, 2.05) is 0 Å². The third-order valence-corrected chi connectivity index (χ3v) is 4.98. The van der Waals surface area contributed by atoms with E-state index < -0.39 is 0 Å². The Bertz CT molecular complexity index is 962. The molecule has 0 N–H and O–H groups in total. The molecule has 3 heterocycles. The summed E-state index contributed by atoms with van der Waals surface area (Å²) >= 11 is 7.03. The van der Waals surface area contributed by atoms with Gasteiger partial charge in [-0.3, -0.25) is 14.5 Å². The van der Waals surface area contributed by atoms with E-state index in [1.54, 1.807) is 33.2 Å². The van der Waals surface area contributed by atoms with E-state index in [-0.39, 0.29) is 11.5 Å². The van der Waals surface area contributed by atoms with Crippen molar-refractivity contribution < 1.29 is 4.79 Å². The average Bonchev–Trinajstić information content (AvgIpc) is 2.88. The number of aromatic nitrogens is 3. The molecule has 3 rings (SSSR count). The number of nitrogens with zero attached hydrogens (tertiary/aromatic N) is 4. The third kappa shape index (κ3) is 2.62. The molecule has 0 aliphatic carbocycles. The highest BCUT2D eigenvalue weighted by molar-refractivity contribution is 7.20. The van der Waals surface area contributed by atoms with E-state index in [0.29, 0.717) is 31.5 Å². The predicted molar refractivity (Wildman–Crippen MR) is 91.6 cm³/mol. The molecule has 0 aromatic carbocycles. The Hall–Kier alpha value is -2.25. The number of carbonyl (C=O) groups excluding carboxylic acids is 1. The van der Waals surface area contributed by atoms with Gasteiger partial charge in [-0.1, -0.05) is 11.6 Å². The molecule has 8 heteroatoms. The van der Waals surface area contributed by atoms with Crippen LogP contribution >= 0.6 is 22.9 Å². The standard InChI is InChI=1S/C15H13ClN4O2S/c1-8-11-13(18-7-19(2)14(11)21)23-12(8)15(22)20(3)10-5-4-9(16)6-17-10/h4-7H,1-3H3. The fourth-order valence-corrected chi connectivity index (χ4v) is 3.46. The summed E-state index contributed by atoms with van der Waals surface area (Å²) in [7, 11) is 3.27. The summed E-state index contributed by atoms with van der Waals surface area (Å²) < 4.78 is 1.40. The van der Waals surface area contributed by atoms with Gasteiger partial charge in [-0.05, 0) is 24.6 Å². The Morgan fingerprint density at radius 1 is 1.35 bits per heavy atom. The Labute approximate surface area is 141 Å². The number of fused-ring (bicyclic) bond motifs is 1. The second-order valence-electron chi connectivity index (χ2n) is 5.10. The van der Waals surface area contributed by atoms with Gasteiger partial charge in [-0.25, -0.2) is 9.97 Å². The molecule has 0 unspecified atom stereocenters. The Balaban J connectivity index is 2.07. The maximum Gasteiger partial charge on any atom is 0.269 e. The third-order valence-electron chi connectivity index (χ3n) is 3.56. The van der Waals surface area contributed by atoms with Gasteiger partial charge in [0.2, 0.25) is 0 Å². The molecule has 0 radical (unpaired) electrons. The van der Waals surface area contributed by atoms with Crippen molar-refractivity contribution in [2.24, 2.45) is 7.05 Å². The van der Waals surface area contributed by atoms with Gasteiger partial charge in [-0.2, -0.15) is 0 Å². The first-order chi connectivity index (χ1) is 10.9. The van der Waals surface area contributed by atoms with Gasteiger partial charge >= 0.3 is 0 Å². The van der Waals surface area contributed by atoms with Crippen LogP contribution in [0.3, 0.4) is 0 Å². The lowest BCUT2D eigenvalue weighted by Crippen LogP contribution is -2.27. The highest BCUT2D eigenvalue weighted by atomic mass is 35.5. The van der Waals surface area contributed by atoms with Crippen molar-refractivity contribution in [3.05, 3.63) is 50.5 Å². The van der Waals surface area contributed by atoms with Gasteiger partial charge in [0.15, 0.2) is 0 Å². The first kappa shape index (κ1) is 15.6. The molecule has 3 aromatic heterocycles. The highest BCUT2D eigenvalue weighted by Gasteiger charge is 2.22. The first-order valence-electron chi connectivity index (χ1n) is 6.74. The zero-order chi connectivity index (χ0) is 16.7. The van der Waals surface area contributed by atoms with Crippen LogP contribution in [0.25, 0.3) is 10.2 Å². The van der Waals surface area contributed by atoms with Crippen LogP contribution in [0.15, 0.2) is 29.5 Å². The van der Waals surface area contributed by atoms with Crippen molar-refractivity contribution in [3.8, 4) is 0 Å². The second kappa shape index (κ2) is 5.75. The van der Waals surface area contributed by atoms with Crippen molar-refractivity contribution in [2.75, 3.05) is 11.9 Å². The number of aryl methyl sites for hydroxylation is 2. The number of anilines is 1. The monoisotopic (exact) mass is 348 g/mol. The van der Waals surface area contributed by atoms with E-state index in [4.69, 9.17) is 11.6 Å². The molecule has 0 aliphatic rings. The number of hydrogen-bond acceptors (Lipinski definition) is 5. The average molecular weight is 349 g/mol. The Kier molecular flexibility index (Phi) is 3.91. The largest absolute Gasteiger partial charge is 0.302 e. The normalized spacial score (nSPS) is 11.0. The maximum atomic E-state index is 12.7. The van der Waals surface area contributed by atoms with Crippen LogP contribution in [-0.2, 0) is 7.05 Å². The molecule has 0 saturated heterocycles. The van der Waals surface area contributed by atoms with E-state index in [9.17, 15) is 9.59 Å². The van der Waals surface area contributed by atoms with Crippen molar-refractivity contribution in [3.63, 3.8) is 0 Å². The quantitative estimate of drug-likeness (QED) is 0.714. The lowest BCUT2D eigenvalue weighted by molar-refractivity contribution is 0.0995. The fourth-order valence-electron chi connectivity index (χ4n) is 2.24. The minimum atomic E-state index is -0.234. The van der Waals surface area contributed by atoms with E-state index in [1.165, 1.54) is 33.3 Å². The summed E-state index contributed by atoms with van der Waals surface area (Å²) in [6.07, 6.45) is 2.94. The number of halogens is 1. The van der Waals surface area contributed by atoms with Gasteiger partial charge in [0.1, 0.15) is 10.6 Å². The predicted octanol–water partition coefficient (Wildman–Crippen LogP) is 2.63. The topological polar surface area (TPSA) is 68.1 Å². The molecular formula is C15H13ClN4O2S. The summed E-state index contributed by atoms with van der Waals surface area (Å²) in [6.45, 7) is 1.76. The van der Waals surface area contributed by atoms with Crippen LogP contribution in [0.5, 0.6) is 0 Å². The van der Waals surface area contributed by atoms with Gasteiger partial charge in [0.05, 0.1) is 21.6 Å². The maximum absolute atomic E-state index is 12.7. The second-order valence-corrected chi connectivity index (χ2v) is 6.53. The van der Waals surface area contributed by atoms with E-state index >= 15 is 0 Å². The van der Waals surface area contributed by atoms with Crippen molar-refractivity contribution in [2.45, 2.75) is 6.92 Å². The number of carbonyl (C=O) groups is 1. The molecule has 1 amide bonds. The molecule has 23 heavy (non-hydrogen) atoms. The van der Waals surface area contributed by atoms with Crippen LogP contribution in [0.2, 0.25) is 5.02 Å². The molecule has 3 aromatic rings. The number of rotatable bonds is 2. The first-order valence-corrected chi connectivity index (χ1v) is 7.94. The van der Waals surface area contributed by atoms with Gasteiger partial charge in [0.25, 0.3) is 11.5 Å². The van der Waals surface area contributed by atoms with Crippen LogP contribution in [0, 0.1) is 6.92 Å². The van der Waals surface area contributed by atoms with E-state index in [0.717, 1.165) is 0 Å². The number of hydrogen-bond donors (Lipinski definition) is 0. The van der Waals surface area contributed by atoms with Crippen molar-refractivity contribution in [1.82, 2.24) is 14.5 Å². The number of amides is 1. The smallest absolute Gasteiger partial charge is 0.269 e. The van der Waals surface area contributed by atoms with Gasteiger partial charge in [0, 0.05) is 20.3 Å².